The van der Waals surface area contributed by atoms with Crippen LogP contribution in [-0.4, -0.2) is 25.2 Å². The summed E-state index contributed by atoms with van der Waals surface area (Å²) >= 11 is 0. The van der Waals surface area contributed by atoms with Crippen LogP contribution >= 0.6 is 0 Å². The van der Waals surface area contributed by atoms with Gasteiger partial charge in [-0.25, -0.2) is 4.79 Å². The molecule has 3 heteroatoms. The van der Waals surface area contributed by atoms with Gasteiger partial charge in [-0.05, 0) is 24.6 Å². The minimum absolute atomic E-state index is 0.0814. The van der Waals surface area contributed by atoms with Crippen molar-refractivity contribution in [2.75, 3.05) is 19.0 Å². The van der Waals surface area contributed by atoms with Crippen LogP contribution in [0.1, 0.15) is 11.1 Å². The monoisotopic (exact) mass is 231 g/mol. The van der Waals surface area contributed by atoms with Crippen LogP contribution in [0, 0.1) is 6.92 Å². The molecule has 0 amide bonds. The van der Waals surface area contributed by atoms with E-state index in [1.165, 1.54) is 6.08 Å². The van der Waals surface area contributed by atoms with E-state index in [1.54, 1.807) is 6.08 Å². The van der Waals surface area contributed by atoms with Gasteiger partial charge in [0, 0.05) is 25.3 Å². The van der Waals surface area contributed by atoms with Gasteiger partial charge in [0.05, 0.1) is 5.57 Å². The van der Waals surface area contributed by atoms with E-state index in [4.69, 9.17) is 5.11 Å². The Morgan fingerprint density at radius 2 is 2.06 bits per heavy atom. The Morgan fingerprint density at radius 3 is 2.59 bits per heavy atom. The molecular formula is C14H17NO2. The van der Waals surface area contributed by atoms with Crippen molar-refractivity contribution >= 4 is 17.7 Å². The van der Waals surface area contributed by atoms with Crippen molar-refractivity contribution in [3.05, 3.63) is 47.6 Å². The van der Waals surface area contributed by atoms with Crippen LogP contribution in [0.2, 0.25) is 0 Å². The van der Waals surface area contributed by atoms with E-state index in [0.717, 1.165) is 16.8 Å². The second-order valence-electron chi connectivity index (χ2n) is 4.07. The van der Waals surface area contributed by atoms with Gasteiger partial charge in [0.2, 0.25) is 0 Å². The van der Waals surface area contributed by atoms with Crippen LogP contribution in [0.4, 0.5) is 5.69 Å². The highest BCUT2D eigenvalue weighted by molar-refractivity contribution is 5.91. The van der Waals surface area contributed by atoms with E-state index < -0.39 is 5.97 Å². The van der Waals surface area contributed by atoms with E-state index in [2.05, 4.69) is 6.58 Å². The number of hydrogen-bond acceptors (Lipinski definition) is 2. The maximum absolute atomic E-state index is 10.7. The fourth-order valence-corrected chi connectivity index (χ4v) is 1.53. The molecule has 0 fully saturated rings. The Balaban J connectivity index is 3.13. The number of anilines is 1. The minimum Gasteiger partial charge on any atom is -0.478 e. The number of aliphatic carboxylic acids is 1. The third-order valence-corrected chi connectivity index (χ3v) is 2.51. The lowest BCUT2D eigenvalue weighted by Gasteiger charge is -2.17. The summed E-state index contributed by atoms with van der Waals surface area (Å²) in [5.74, 6) is -0.999. The predicted octanol–water partition coefficient (Wildman–Crippen LogP) is 2.72. The maximum atomic E-state index is 10.7. The Morgan fingerprint density at radius 1 is 1.41 bits per heavy atom. The molecule has 0 aliphatic carbocycles. The third-order valence-electron chi connectivity index (χ3n) is 2.51. The zero-order valence-electron chi connectivity index (χ0n) is 10.4. The van der Waals surface area contributed by atoms with Crippen molar-refractivity contribution < 1.29 is 9.90 Å². The number of carboxylic acid groups (broad SMARTS) is 1. The first-order chi connectivity index (χ1) is 7.93. The molecule has 0 heterocycles. The van der Waals surface area contributed by atoms with Crippen molar-refractivity contribution in [2.24, 2.45) is 0 Å². The minimum atomic E-state index is -0.999. The highest BCUT2D eigenvalue weighted by Crippen LogP contribution is 2.23. The van der Waals surface area contributed by atoms with Crippen molar-refractivity contribution in [3.63, 3.8) is 0 Å². The molecule has 0 spiro atoms. The topological polar surface area (TPSA) is 40.5 Å². The lowest BCUT2D eigenvalue weighted by Crippen LogP contribution is -2.10. The summed E-state index contributed by atoms with van der Waals surface area (Å²) in [6.45, 7) is 5.47. The Labute approximate surface area is 102 Å². The molecular weight excluding hydrogens is 214 g/mol. The molecule has 0 unspecified atom stereocenters. The molecule has 0 aromatic heterocycles. The molecule has 0 aliphatic heterocycles. The first kappa shape index (κ1) is 13.0. The van der Waals surface area contributed by atoms with Crippen molar-refractivity contribution in [1.29, 1.82) is 0 Å². The Hall–Kier alpha value is -2.03. The normalized spacial score (nSPS) is 10.5. The Bertz CT molecular complexity index is 473. The zero-order chi connectivity index (χ0) is 13.0. The molecule has 0 saturated heterocycles. The van der Waals surface area contributed by atoms with Crippen LogP contribution < -0.4 is 4.90 Å². The largest absolute Gasteiger partial charge is 0.478 e. The lowest BCUT2D eigenvalue weighted by molar-refractivity contribution is -0.132. The van der Waals surface area contributed by atoms with Gasteiger partial charge in [0.1, 0.15) is 0 Å². The summed E-state index contributed by atoms with van der Waals surface area (Å²) in [6, 6.07) is 5.97. The standard InChI is InChI=1S/C14H17NO2/c1-10-6-5-7-13(15(3)4)12(10)9-8-11(2)14(16)17/h5-9H,2H2,1,3-4H3,(H,16,17)/b9-8-. The van der Waals surface area contributed by atoms with Gasteiger partial charge in [0.25, 0.3) is 0 Å². The number of hydrogen-bond donors (Lipinski definition) is 1. The molecule has 0 aliphatic rings. The van der Waals surface area contributed by atoms with E-state index in [0.29, 0.717) is 0 Å². The number of carbonyl (C=O) groups is 1. The van der Waals surface area contributed by atoms with E-state index in [9.17, 15) is 4.79 Å². The van der Waals surface area contributed by atoms with Crippen LogP contribution in [0.5, 0.6) is 0 Å². The molecule has 0 atom stereocenters. The van der Waals surface area contributed by atoms with Crippen LogP contribution in [0.15, 0.2) is 36.4 Å². The van der Waals surface area contributed by atoms with Gasteiger partial charge in [-0.2, -0.15) is 0 Å². The number of aryl methyl sites for hydroxylation is 1. The average molecular weight is 231 g/mol. The van der Waals surface area contributed by atoms with Crippen molar-refractivity contribution in [1.82, 2.24) is 0 Å². The van der Waals surface area contributed by atoms with E-state index in [1.807, 2.05) is 44.1 Å². The molecule has 17 heavy (non-hydrogen) atoms. The van der Waals surface area contributed by atoms with Gasteiger partial charge >= 0.3 is 5.97 Å². The fraction of sp³-hybridized carbons (Fsp3) is 0.214. The first-order valence-electron chi connectivity index (χ1n) is 5.30. The molecule has 0 radical (unpaired) electrons. The van der Waals surface area contributed by atoms with Crippen LogP contribution in [0.25, 0.3) is 6.08 Å². The number of nitrogens with zero attached hydrogens (tertiary/aromatic N) is 1. The lowest BCUT2D eigenvalue weighted by atomic mass is 10.0. The number of benzene rings is 1. The molecule has 1 rings (SSSR count). The molecule has 90 valence electrons. The third kappa shape index (κ3) is 3.21. The van der Waals surface area contributed by atoms with Gasteiger partial charge in [-0.15, -0.1) is 0 Å². The molecule has 0 bridgehead atoms. The molecule has 0 saturated carbocycles. The van der Waals surface area contributed by atoms with Crippen molar-refractivity contribution in [2.45, 2.75) is 6.92 Å². The van der Waals surface area contributed by atoms with E-state index in [-0.39, 0.29) is 5.57 Å². The highest BCUT2D eigenvalue weighted by atomic mass is 16.4. The summed E-state index contributed by atoms with van der Waals surface area (Å²) < 4.78 is 0. The average Bonchev–Trinajstić information content (AvgIpc) is 2.26. The second-order valence-corrected chi connectivity index (χ2v) is 4.07. The smallest absolute Gasteiger partial charge is 0.335 e. The molecule has 3 nitrogen and oxygen atoms in total. The summed E-state index contributed by atoms with van der Waals surface area (Å²) in [5.41, 5.74) is 3.25. The van der Waals surface area contributed by atoms with Gasteiger partial charge in [0.15, 0.2) is 0 Å². The zero-order valence-corrected chi connectivity index (χ0v) is 10.4. The predicted molar refractivity (Wildman–Crippen MR) is 71.3 cm³/mol. The van der Waals surface area contributed by atoms with Gasteiger partial charge in [-0.3, -0.25) is 0 Å². The SMILES string of the molecule is C=C(/C=C\c1c(C)cccc1N(C)C)C(=O)O. The molecule has 1 aromatic rings. The summed E-state index contributed by atoms with van der Waals surface area (Å²) in [4.78, 5) is 12.7. The summed E-state index contributed by atoms with van der Waals surface area (Å²) in [7, 11) is 3.91. The summed E-state index contributed by atoms with van der Waals surface area (Å²) in [6.07, 6.45) is 3.32. The highest BCUT2D eigenvalue weighted by Gasteiger charge is 2.05. The molecule has 1 aromatic carbocycles. The molecule has 1 N–H and O–H groups in total. The van der Waals surface area contributed by atoms with Crippen LogP contribution in [0.3, 0.4) is 0 Å². The quantitative estimate of drug-likeness (QED) is 0.640. The Kier molecular flexibility index (Phi) is 4.10. The number of carboxylic acids is 1. The summed E-state index contributed by atoms with van der Waals surface area (Å²) in [5, 5.41) is 8.75. The van der Waals surface area contributed by atoms with E-state index >= 15 is 0 Å². The van der Waals surface area contributed by atoms with Crippen molar-refractivity contribution in [3.8, 4) is 0 Å². The van der Waals surface area contributed by atoms with Crippen LogP contribution in [-0.2, 0) is 4.79 Å². The maximum Gasteiger partial charge on any atom is 0.335 e. The second kappa shape index (κ2) is 5.34. The van der Waals surface area contributed by atoms with Gasteiger partial charge in [-0.1, -0.05) is 24.8 Å². The fourth-order valence-electron chi connectivity index (χ4n) is 1.53. The van der Waals surface area contributed by atoms with Gasteiger partial charge < -0.3 is 10.0 Å². The first-order valence-corrected chi connectivity index (χ1v) is 5.30. The number of rotatable bonds is 4.